The molecule has 30 heavy (non-hydrogen) atoms. The van der Waals surface area contributed by atoms with Crippen LogP contribution in [0.25, 0.3) is 10.9 Å². The van der Waals surface area contributed by atoms with Crippen molar-refractivity contribution < 1.29 is 18.8 Å². The molecule has 2 heterocycles. The highest BCUT2D eigenvalue weighted by Crippen LogP contribution is 2.21. The Bertz CT molecular complexity index is 1130. The summed E-state index contributed by atoms with van der Waals surface area (Å²) in [5, 5.41) is 3.65. The van der Waals surface area contributed by atoms with Gasteiger partial charge in [-0.05, 0) is 29.3 Å². The van der Waals surface area contributed by atoms with Crippen LogP contribution in [0.3, 0.4) is 0 Å². The molecule has 1 saturated heterocycles. The molecule has 1 aliphatic heterocycles. The number of amides is 4. The molecular weight excluding hydrogens is 387 g/mol. The van der Waals surface area contributed by atoms with Gasteiger partial charge in [0.2, 0.25) is 5.91 Å². The second-order valence-electron chi connectivity index (χ2n) is 7.37. The third-order valence-corrected chi connectivity index (χ3v) is 5.23. The van der Waals surface area contributed by atoms with Gasteiger partial charge in [-0.15, -0.1) is 0 Å². The Morgan fingerprint density at radius 1 is 1.17 bits per heavy atom. The van der Waals surface area contributed by atoms with Gasteiger partial charge in [0, 0.05) is 37.1 Å². The van der Waals surface area contributed by atoms with Crippen molar-refractivity contribution in [1.29, 1.82) is 0 Å². The zero-order valence-corrected chi connectivity index (χ0v) is 16.4. The molecule has 0 bridgehead atoms. The van der Waals surface area contributed by atoms with E-state index in [1.165, 1.54) is 17.0 Å². The Morgan fingerprint density at radius 2 is 1.97 bits per heavy atom. The van der Waals surface area contributed by atoms with Gasteiger partial charge in [-0.25, -0.2) is 9.18 Å². The lowest BCUT2D eigenvalue weighted by Gasteiger charge is -2.20. The van der Waals surface area contributed by atoms with E-state index in [0.29, 0.717) is 12.0 Å². The summed E-state index contributed by atoms with van der Waals surface area (Å²) in [6.07, 6.45) is 2.16. The smallest absolute Gasteiger partial charge is 0.325 e. The van der Waals surface area contributed by atoms with Crippen molar-refractivity contribution in [3.63, 3.8) is 0 Å². The lowest BCUT2D eigenvalue weighted by molar-refractivity contribution is -0.136. The quantitative estimate of drug-likeness (QED) is 0.615. The maximum atomic E-state index is 13.3. The molecule has 7 nitrogen and oxygen atoms in total. The van der Waals surface area contributed by atoms with E-state index >= 15 is 0 Å². The third-order valence-electron chi connectivity index (χ3n) is 5.23. The minimum Gasteiger partial charge on any atom is -0.361 e. The fourth-order valence-electron chi connectivity index (χ4n) is 3.64. The SMILES string of the molecule is CN(Cc1cccc(F)c1)C(=O)CN1C(=O)NC(Cc2c[nH]c3ccccc23)C1=O. The van der Waals surface area contributed by atoms with Gasteiger partial charge in [-0.2, -0.15) is 0 Å². The number of para-hydroxylation sites is 1. The summed E-state index contributed by atoms with van der Waals surface area (Å²) in [4.78, 5) is 43.0. The van der Waals surface area contributed by atoms with Crippen LogP contribution in [0.2, 0.25) is 0 Å². The molecule has 1 aromatic heterocycles. The number of carbonyl (C=O) groups is 3. The molecule has 1 aliphatic rings. The van der Waals surface area contributed by atoms with Crippen molar-refractivity contribution >= 4 is 28.7 Å². The van der Waals surface area contributed by atoms with Gasteiger partial charge in [0.25, 0.3) is 5.91 Å². The maximum absolute atomic E-state index is 13.3. The number of likely N-dealkylation sites (N-methyl/N-ethyl adjacent to an activating group) is 1. The minimum atomic E-state index is -0.724. The van der Waals surface area contributed by atoms with E-state index in [0.717, 1.165) is 21.4 Å². The zero-order valence-electron chi connectivity index (χ0n) is 16.4. The van der Waals surface area contributed by atoms with E-state index < -0.39 is 23.9 Å². The number of aromatic amines is 1. The van der Waals surface area contributed by atoms with Crippen LogP contribution in [0.4, 0.5) is 9.18 Å². The molecule has 3 aromatic rings. The Kier molecular flexibility index (Phi) is 5.22. The van der Waals surface area contributed by atoms with Gasteiger partial charge in [0.15, 0.2) is 0 Å². The number of hydrogen-bond donors (Lipinski definition) is 2. The first-order valence-corrected chi connectivity index (χ1v) is 9.57. The molecule has 1 atom stereocenters. The van der Waals surface area contributed by atoms with Crippen molar-refractivity contribution in [1.82, 2.24) is 20.1 Å². The molecule has 2 aromatic carbocycles. The topological polar surface area (TPSA) is 85.5 Å². The molecule has 154 valence electrons. The van der Waals surface area contributed by atoms with Gasteiger partial charge in [0.1, 0.15) is 18.4 Å². The molecule has 0 aliphatic carbocycles. The molecule has 0 spiro atoms. The number of hydrogen-bond acceptors (Lipinski definition) is 3. The van der Waals surface area contributed by atoms with Crippen molar-refractivity contribution in [2.75, 3.05) is 13.6 Å². The number of nitrogens with one attached hydrogen (secondary N) is 2. The van der Waals surface area contributed by atoms with E-state index in [1.54, 1.807) is 19.2 Å². The largest absolute Gasteiger partial charge is 0.361 e. The number of urea groups is 1. The highest BCUT2D eigenvalue weighted by molar-refractivity contribution is 6.06. The third kappa shape index (κ3) is 3.89. The van der Waals surface area contributed by atoms with Crippen LogP contribution in [0.5, 0.6) is 0 Å². The molecular formula is C22H21FN4O3. The number of aromatic nitrogens is 1. The second kappa shape index (κ2) is 7.98. The minimum absolute atomic E-state index is 0.180. The molecule has 0 saturated carbocycles. The number of carbonyl (C=O) groups excluding carboxylic acids is 3. The predicted octanol–water partition coefficient (Wildman–Crippen LogP) is 2.43. The van der Waals surface area contributed by atoms with Gasteiger partial charge < -0.3 is 15.2 Å². The Hall–Kier alpha value is -3.68. The number of nitrogens with zero attached hydrogens (tertiary/aromatic N) is 2. The average molecular weight is 408 g/mol. The van der Waals surface area contributed by atoms with Crippen LogP contribution in [0.1, 0.15) is 11.1 Å². The first-order valence-electron chi connectivity index (χ1n) is 9.57. The molecule has 0 radical (unpaired) electrons. The van der Waals surface area contributed by atoms with Crippen LogP contribution >= 0.6 is 0 Å². The summed E-state index contributed by atoms with van der Waals surface area (Å²) in [7, 11) is 1.55. The van der Waals surface area contributed by atoms with E-state index in [4.69, 9.17) is 0 Å². The van der Waals surface area contributed by atoms with E-state index in [2.05, 4.69) is 10.3 Å². The van der Waals surface area contributed by atoms with E-state index in [9.17, 15) is 18.8 Å². The number of benzene rings is 2. The van der Waals surface area contributed by atoms with Gasteiger partial charge in [0.05, 0.1) is 0 Å². The van der Waals surface area contributed by atoms with Gasteiger partial charge >= 0.3 is 6.03 Å². The Morgan fingerprint density at radius 3 is 2.77 bits per heavy atom. The number of rotatable bonds is 6. The fraction of sp³-hybridized carbons (Fsp3) is 0.227. The number of imide groups is 1. The first-order chi connectivity index (χ1) is 14.4. The average Bonchev–Trinajstić information content (AvgIpc) is 3.24. The predicted molar refractivity (Wildman–Crippen MR) is 109 cm³/mol. The van der Waals surface area contributed by atoms with Crippen LogP contribution < -0.4 is 5.32 Å². The van der Waals surface area contributed by atoms with Crippen LogP contribution in [0, 0.1) is 5.82 Å². The summed E-state index contributed by atoms with van der Waals surface area (Å²) >= 11 is 0. The number of halogens is 1. The Labute approximate surface area is 172 Å². The summed E-state index contributed by atoms with van der Waals surface area (Å²) in [6, 6.07) is 12.3. The monoisotopic (exact) mass is 408 g/mol. The fourth-order valence-corrected chi connectivity index (χ4v) is 3.64. The summed E-state index contributed by atoms with van der Waals surface area (Å²) < 4.78 is 13.3. The van der Waals surface area contributed by atoms with Crippen LogP contribution in [-0.2, 0) is 22.6 Å². The number of fused-ring (bicyclic) bond motifs is 1. The van der Waals surface area contributed by atoms with Crippen molar-refractivity contribution in [2.45, 2.75) is 19.0 Å². The van der Waals surface area contributed by atoms with E-state index in [1.807, 2.05) is 30.5 Å². The molecule has 1 unspecified atom stereocenters. The molecule has 4 rings (SSSR count). The second-order valence-corrected chi connectivity index (χ2v) is 7.37. The standard InChI is InChI=1S/C22H21FN4O3/c1-26(12-14-5-4-6-16(23)9-14)20(28)13-27-21(29)19(25-22(27)30)10-15-11-24-18-8-3-2-7-17(15)18/h2-9,11,19,24H,10,12-13H2,1H3,(H,25,30). The highest BCUT2D eigenvalue weighted by atomic mass is 19.1. The van der Waals surface area contributed by atoms with Gasteiger partial charge in [-0.3, -0.25) is 14.5 Å². The van der Waals surface area contributed by atoms with Crippen LogP contribution in [-0.4, -0.2) is 52.3 Å². The summed E-state index contributed by atoms with van der Waals surface area (Å²) in [6.45, 7) is -0.181. The first kappa shape index (κ1) is 19.6. The number of H-pyrrole nitrogens is 1. The lowest BCUT2D eigenvalue weighted by Crippen LogP contribution is -2.41. The molecule has 2 N–H and O–H groups in total. The van der Waals surface area contributed by atoms with E-state index in [-0.39, 0.29) is 18.9 Å². The molecule has 4 amide bonds. The van der Waals surface area contributed by atoms with Crippen molar-refractivity contribution in [3.8, 4) is 0 Å². The Balaban J connectivity index is 1.40. The summed E-state index contributed by atoms with van der Waals surface area (Å²) in [5.74, 6) is -1.23. The van der Waals surface area contributed by atoms with Crippen molar-refractivity contribution in [3.05, 3.63) is 71.7 Å². The van der Waals surface area contributed by atoms with Gasteiger partial charge in [-0.1, -0.05) is 30.3 Å². The van der Waals surface area contributed by atoms with Crippen molar-refractivity contribution in [2.24, 2.45) is 0 Å². The summed E-state index contributed by atoms with van der Waals surface area (Å²) in [5.41, 5.74) is 2.50. The molecule has 1 fully saturated rings. The molecule has 8 heteroatoms. The normalized spacial score (nSPS) is 16.2. The van der Waals surface area contributed by atoms with Crippen LogP contribution in [0.15, 0.2) is 54.7 Å². The lowest BCUT2D eigenvalue weighted by atomic mass is 10.1. The maximum Gasteiger partial charge on any atom is 0.325 e. The zero-order chi connectivity index (χ0) is 21.3. The highest BCUT2D eigenvalue weighted by Gasteiger charge is 2.39.